The SMILES string of the molecule is NCCC(CNc1nc(N)nc(N)n1)C[C@H](N)C(=O)O. The summed E-state index contributed by atoms with van der Waals surface area (Å²) in [5.74, 6) is -0.804. The number of carboxylic acid groups (broad SMARTS) is 1. The molecule has 10 nitrogen and oxygen atoms in total. The van der Waals surface area contributed by atoms with Crippen LogP contribution in [0.4, 0.5) is 17.8 Å². The molecule has 20 heavy (non-hydrogen) atoms. The van der Waals surface area contributed by atoms with Gasteiger partial charge < -0.3 is 33.4 Å². The minimum atomic E-state index is -1.04. The standard InChI is InChI=1S/C10H20N8O2/c11-2-1-5(3-6(12)7(19)20)4-15-10-17-8(13)16-9(14)18-10/h5-6H,1-4,11-12H2,(H,19,20)(H5,13,14,15,16,17,18)/t5?,6-/m0/s1. The Kier molecular flexibility index (Phi) is 5.87. The van der Waals surface area contributed by atoms with E-state index in [9.17, 15) is 4.79 Å². The van der Waals surface area contributed by atoms with Crippen molar-refractivity contribution in [2.45, 2.75) is 18.9 Å². The molecule has 1 aromatic rings. The summed E-state index contributed by atoms with van der Waals surface area (Å²) in [7, 11) is 0. The van der Waals surface area contributed by atoms with Crippen molar-refractivity contribution in [3.63, 3.8) is 0 Å². The molecule has 0 aliphatic carbocycles. The summed E-state index contributed by atoms with van der Waals surface area (Å²) in [5, 5.41) is 11.7. The van der Waals surface area contributed by atoms with Crippen molar-refractivity contribution >= 4 is 23.8 Å². The first kappa shape index (κ1) is 15.9. The van der Waals surface area contributed by atoms with Crippen LogP contribution in [-0.4, -0.2) is 45.2 Å². The first-order valence-electron chi connectivity index (χ1n) is 6.11. The van der Waals surface area contributed by atoms with Gasteiger partial charge in [-0.2, -0.15) is 15.0 Å². The van der Waals surface area contributed by atoms with Crippen molar-refractivity contribution in [1.29, 1.82) is 0 Å². The van der Waals surface area contributed by atoms with Crippen LogP contribution in [0.5, 0.6) is 0 Å². The molecule has 0 bridgehead atoms. The van der Waals surface area contributed by atoms with Crippen LogP contribution in [0, 0.1) is 5.92 Å². The average Bonchev–Trinajstić information content (AvgIpc) is 2.34. The zero-order valence-electron chi connectivity index (χ0n) is 11.0. The van der Waals surface area contributed by atoms with Crippen LogP contribution in [0.25, 0.3) is 0 Å². The van der Waals surface area contributed by atoms with Crippen LogP contribution >= 0.6 is 0 Å². The maximum Gasteiger partial charge on any atom is 0.320 e. The van der Waals surface area contributed by atoms with Gasteiger partial charge in [-0.05, 0) is 25.3 Å². The third kappa shape index (κ3) is 5.20. The number of hydrogen-bond acceptors (Lipinski definition) is 9. The minimum Gasteiger partial charge on any atom is -0.480 e. The smallest absolute Gasteiger partial charge is 0.320 e. The Hall–Kier alpha value is -2.20. The second-order valence-corrected chi connectivity index (χ2v) is 4.38. The zero-order chi connectivity index (χ0) is 15.1. The van der Waals surface area contributed by atoms with E-state index in [1.54, 1.807) is 0 Å². The lowest BCUT2D eigenvalue weighted by molar-refractivity contribution is -0.138. The molecule has 112 valence electrons. The fraction of sp³-hybridized carbons (Fsp3) is 0.600. The number of nitrogen functional groups attached to an aromatic ring is 2. The number of rotatable bonds is 8. The van der Waals surface area contributed by atoms with Gasteiger partial charge in [-0.1, -0.05) is 0 Å². The first-order chi connectivity index (χ1) is 9.42. The highest BCUT2D eigenvalue weighted by Gasteiger charge is 2.18. The Morgan fingerprint density at radius 3 is 2.35 bits per heavy atom. The molecule has 0 amide bonds. The summed E-state index contributed by atoms with van der Waals surface area (Å²) in [6.07, 6.45) is 0.930. The lowest BCUT2D eigenvalue weighted by Crippen LogP contribution is -2.34. The van der Waals surface area contributed by atoms with Crippen molar-refractivity contribution in [2.24, 2.45) is 17.4 Å². The van der Waals surface area contributed by atoms with E-state index in [1.165, 1.54) is 0 Å². The van der Waals surface area contributed by atoms with E-state index in [2.05, 4.69) is 20.3 Å². The average molecular weight is 284 g/mol. The highest BCUT2D eigenvalue weighted by molar-refractivity contribution is 5.73. The number of nitrogens with zero attached hydrogens (tertiary/aromatic N) is 3. The predicted octanol–water partition coefficient (Wildman–Crippen LogP) is -1.79. The molecule has 1 rings (SSSR count). The molecule has 0 aliphatic rings. The topological polar surface area (TPSA) is 192 Å². The molecule has 0 saturated heterocycles. The van der Waals surface area contributed by atoms with Gasteiger partial charge in [0.25, 0.3) is 0 Å². The Labute approximate surface area is 116 Å². The third-order valence-corrected chi connectivity index (χ3v) is 2.70. The predicted molar refractivity (Wildman–Crippen MR) is 74.5 cm³/mol. The molecule has 10 heteroatoms. The molecule has 1 unspecified atom stereocenters. The number of carbonyl (C=O) groups is 1. The van der Waals surface area contributed by atoms with Crippen LogP contribution in [0.15, 0.2) is 0 Å². The van der Waals surface area contributed by atoms with E-state index in [1.807, 2.05) is 0 Å². The number of aromatic nitrogens is 3. The van der Waals surface area contributed by atoms with Crippen LogP contribution in [0.1, 0.15) is 12.8 Å². The van der Waals surface area contributed by atoms with E-state index in [-0.39, 0.29) is 23.8 Å². The number of nitrogens with one attached hydrogen (secondary N) is 1. The van der Waals surface area contributed by atoms with Gasteiger partial charge in [0.15, 0.2) is 0 Å². The minimum absolute atomic E-state index is 0.0117. The van der Waals surface area contributed by atoms with Crippen LogP contribution < -0.4 is 28.3 Å². The Balaban J connectivity index is 2.59. The molecule has 0 aromatic carbocycles. The molecule has 0 radical (unpaired) electrons. The summed E-state index contributed by atoms with van der Waals surface area (Å²) in [6.45, 7) is 0.848. The highest BCUT2D eigenvalue weighted by Crippen LogP contribution is 2.12. The number of carboxylic acids is 1. The van der Waals surface area contributed by atoms with Crippen molar-refractivity contribution in [3.05, 3.63) is 0 Å². The Morgan fingerprint density at radius 2 is 1.85 bits per heavy atom. The summed E-state index contributed by atoms with van der Waals surface area (Å²) >= 11 is 0. The normalized spacial score (nSPS) is 13.7. The molecule has 1 aromatic heterocycles. The Bertz CT molecular complexity index is 435. The molecular formula is C10H20N8O2. The molecular weight excluding hydrogens is 264 g/mol. The van der Waals surface area contributed by atoms with Gasteiger partial charge in [0.2, 0.25) is 17.8 Å². The van der Waals surface area contributed by atoms with E-state index >= 15 is 0 Å². The van der Waals surface area contributed by atoms with Crippen molar-refractivity contribution in [3.8, 4) is 0 Å². The van der Waals surface area contributed by atoms with Gasteiger partial charge in [-0.3, -0.25) is 4.79 Å². The van der Waals surface area contributed by atoms with Crippen molar-refractivity contribution in [1.82, 2.24) is 15.0 Å². The molecule has 0 aliphatic heterocycles. The zero-order valence-corrected chi connectivity index (χ0v) is 11.0. The Morgan fingerprint density at radius 1 is 1.25 bits per heavy atom. The molecule has 1 heterocycles. The van der Waals surface area contributed by atoms with Gasteiger partial charge >= 0.3 is 5.97 Å². The van der Waals surface area contributed by atoms with Crippen molar-refractivity contribution in [2.75, 3.05) is 29.9 Å². The largest absolute Gasteiger partial charge is 0.480 e. The molecule has 2 atom stereocenters. The fourth-order valence-electron chi connectivity index (χ4n) is 1.72. The first-order valence-corrected chi connectivity index (χ1v) is 6.11. The summed E-state index contributed by atoms with van der Waals surface area (Å²) in [6, 6.07) is -0.929. The lowest BCUT2D eigenvalue weighted by atomic mass is 9.97. The molecule has 10 N–H and O–H groups in total. The number of hydrogen-bond donors (Lipinski definition) is 6. The monoisotopic (exact) mass is 284 g/mol. The highest BCUT2D eigenvalue weighted by atomic mass is 16.4. The maximum absolute atomic E-state index is 10.8. The second-order valence-electron chi connectivity index (χ2n) is 4.38. The summed E-state index contributed by atoms with van der Waals surface area (Å²) < 4.78 is 0. The molecule has 0 spiro atoms. The second kappa shape index (κ2) is 7.40. The van der Waals surface area contributed by atoms with E-state index in [0.29, 0.717) is 25.9 Å². The fourth-order valence-corrected chi connectivity index (χ4v) is 1.72. The van der Waals surface area contributed by atoms with Gasteiger partial charge in [-0.25, -0.2) is 0 Å². The molecule has 0 fully saturated rings. The van der Waals surface area contributed by atoms with Gasteiger partial charge in [0, 0.05) is 6.54 Å². The number of anilines is 3. The van der Waals surface area contributed by atoms with E-state index in [4.69, 9.17) is 28.0 Å². The third-order valence-electron chi connectivity index (χ3n) is 2.70. The summed E-state index contributed by atoms with van der Waals surface area (Å²) in [5.41, 5.74) is 21.9. The van der Waals surface area contributed by atoms with Crippen molar-refractivity contribution < 1.29 is 9.90 Å². The molecule has 0 saturated carbocycles. The maximum atomic E-state index is 10.8. The van der Waals surface area contributed by atoms with Crippen LogP contribution in [-0.2, 0) is 4.79 Å². The van der Waals surface area contributed by atoms with E-state index in [0.717, 1.165) is 0 Å². The number of nitrogens with two attached hydrogens (primary N) is 4. The van der Waals surface area contributed by atoms with Gasteiger partial charge in [0.05, 0.1) is 0 Å². The summed E-state index contributed by atoms with van der Waals surface area (Å²) in [4.78, 5) is 22.1. The van der Waals surface area contributed by atoms with Crippen LogP contribution in [0.2, 0.25) is 0 Å². The van der Waals surface area contributed by atoms with Gasteiger partial charge in [-0.15, -0.1) is 0 Å². The van der Waals surface area contributed by atoms with E-state index < -0.39 is 12.0 Å². The van der Waals surface area contributed by atoms with Crippen LogP contribution in [0.3, 0.4) is 0 Å². The quantitative estimate of drug-likeness (QED) is 0.317. The lowest BCUT2D eigenvalue weighted by Gasteiger charge is -2.18. The van der Waals surface area contributed by atoms with Gasteiger partial charge in [0.1, 0.15) is 6.04 Å². The number of aliphatic carboxylic acids is 1.